The summed E-state index contributed by atoms with van der Waals surface area (Å²) in [6.45, 7) is 2.55. The molecule has 1 aliphatic rings. The third-order valence-corrected chi connectivity index (χ3v) is 5.48. The molecule has 1 aromatic carbocycles. The highest BCUT2D eigenvalue weighted by Crippen LogP contribution is 2.29. The first-order valence-corrected chi connectivity index (χ1v) is 10.1. The van der Waals surface area contributed by atoms with Gasteiger partial charge in [0.25, 0.3) is 0 Å². The minimum absolute atomic E-state index is 0.00400. The van der Waals surface area contributed by atoms with Crippen LogP contribution in [0.25, 0.3) is 5.69 Å². The van der Waals surface area contributed by atoms with Crippen molar-refractivity contribution in [2.45, 2.75) is 12.1 Å². The van der Waals surface area contributed by atoms with Gasteiger partial charge in [0.15, 0.2) is 5.16 Å². The molecule has 0 saturated carbocycles. The second-order valence-electron chi connectivity index (χ2n) is 5.24. The van der Waals surface area contributed by atoms with E-state index in [2.05, 4.69) is 10.2 Å². The van der Waals surface area contributed by atoms with E-state index in [0.29, 0.717) is 29.7 Å². The molecule has 9 heteroatoms. The summed E-state index contributed by atoms with van der Waals surface area (Å²) in [5.41, 5.74) is 0.982. The molecular formula is C17H18N4O3S2. The second-order valence-corrected chi connectivity index (χ2v) is 7.29. The number of hydrogen-bond donors (Lipinski definition) is 0. The van der Waals surface area contributed by atoms with Crippen LogP contribution in [-0.2, 0) is 14.3 Å². The van der Waals surface area contributed by atoms with Gasteiger partial charge in [-0.2, -0.15) is 0 Å². The monoisotopic (exact) mass is 390 g/mol. The Hall–Kier alpha value is -2.26. The van der Waals surface area contributed by atoms with Gasteiger partial charge < -0.3 is 9.64 Å². The standard InChI is InChI=1S/C17H18N4O3S2/c1-2-24-16(23)10-15-20(14(22)11-26-15)8-9-25-17-19-18-12-21(17)13-6-4-3-5-7-13/h3-7,10,12H,2,8-9,11H2,1H3. The van der Waals surface area contributed by atoms with Crippen molar-refractivity contribution < 1.29 is 14.3 Å². The SMILES string of the molecule is CCOC(=O)C=C1SCC(=O)N1CCSc1nncn1-c1ccccc1. The number of rotatable bonds is 7. The zero-order chi connectivity index (χ0) is 18.4. The molecule has 0 aliphatic carbocycles. The quantitative estimate of drug-likeness (QED) is 0.408. The first kappa shape index (κ1) is 18.5. The Morgan fingerprint density at radius 1 is 1.38 bits per heavy atom. The van der Waals surface area contributed by atoms with Gasteiger partial charge in [-0.3, -0.25) is 9.36 Å². The summed E-state index contributed by atoms with van der Waals surface area (Å²) in [4.78, 5) is 25.3. The molecule has 26 heavy (non-hydrogen) atoms. The summed E-state index contributed by atoms with van der Waals surface area (Å²) in [6.07, 6.45) is 3.05. The molecule has 1 aromatic heterocycles. The molecule has 7 nitrogen and oxygen atoms in total. The molecule has 2 aromatic rings. The van der Waals surface area contributed by atoms with Crippen molar-refractivity contribution in [3.05, 3.63) is 47.8 Å². The minimum Gasteiger partial charge on any atom is -0.463 e. The maximum atomic E-state index is 12.1. The first-order valence-electron chi connectivity index (χ1n) is 8.09. The Morgan fingerprint density at radius 3 is 2.96 bits per heavy atom. The number of carbonyl (C=O) groups excluding carboxylic acids is 2. The summed E-state index contributed by atoms with van der Waals surface area (Å²) >= 11 is 2.87. The normalized spacial score (nSPS) is 15.7. The molecule has 0 atom stereocenters. The molecule has 1 saturated heterocycles. The average Bonchev–Trinajstić information content (AvgIpc) is 3.24. The van der Waals surface area contributed by atoms with Crippen LogP contribution < -0.4 is 0 Å². The lowest BCUT2D eigenvalue weighted by atomic mass is 10.3. The van der Waals surface area contributed by atoms with Gasteiger partial charge in [0.2, 0.25) is 5.91 Å². The molecular weight excluding hydrogens is 372 g/mol. The summed E-state index contributed by atoms with van der Waals surface area (Å²) in [7, 11) is 0. The lowest BCUT2D eigenvalue weighted by Gasteiger charge is -2.16. The number of carbonyl (C=O) groups is 2. The molecule has 1 aliphatic heterocycles. The van der Waals surface area contributed by atoms with Gasteiger partial charge in [0.05, 0.1) is 23.5 Å². The Morgan fingerprint density at radius 2 is 2.19 bits per heavy atom. The summed E-state index contributed by atoms with van der Waals surface area (Å²) < 4.78 is 6.83. The van der Waals surface area contributed by atoms with Crippen molar-refractivity contribution in [3.8, 4) is 5.69 Å². The fourth-order valence-corrected chi connectivity index (χ4v) is 4.18. The van der Waals surface area contributed by atoms with E-state index in [4.69, 9.17) is 4.74 Å². The van der Waals surface area contributed by atoms with Crippen LogP contribution >= 0.6 is 23.5 Å². The fourth-order valence-electron chi connectivity index (χ4n) is 2.37. The van der Waals surface area contributed by atoms with Crippen molar-refractivity contribution in [1.82, 2.24) is 19.7 Å². The highest BCUT2D eigenvalue weighted by molar-refractivity contribution is 8.04. The van der Waals surface area contributed by atoms with Crippen molar-refractivity contribution in [3.63, 3.8) is 0 Å². The molecule has 1 amide bonds. The van der Waals surface area contributed by atoms with Crippen LogP contribution in [0.2, 0.25) is 0 Å². The molecule has 0 unspecified atom stereocenters. The molecule has 3 rings (SSSR count). The van der Waals surface area contributed by atoms with E-state index in [1.54, 1.807) is 18.2 Å². The van der Waals surface area contributed by atoms with Gasteiger partial charge in [0, 0.05) is 18.0 Å². The zero-order valence-electron chi connectivity index (χ0n) is 14.2. The third-order valence-electron chi connectivity index (χ3n) is 3.54. The smallest absolute Gasteiger partial charge is 0.333 e. The van der Waals surface area contributed by atoms with Gasteiger partial charge in [-0.1, -0.05) is 41.7 Å². The lowest BCUT2D eigenvalue weighted by Crippen LogP contribution is -2.27. The van der Waals surface area contributed by atoms with E-state index in [1.807, 2.05) is 34.9 Å². The number of benzene rings is 1. The molecule has 0 spiro atoms. The van der Waals surface area contributed by atoms with E-state index in [1.165, 1.54) is 29.6 Å². The highest BCUT2D eigenvalue weighted by Gasteiger charge is 2.27. The van der Waals surface area contributed by atoms with Gasteiger partial charge in [-0.25, -0.2) is 4.79 Å². The molecule has 0 N–H and O–H groups in total. The number of esters is 1. The lowest BCUT2D eigenvalue weighted by molar-refractivity contribution is -0.137. The van der Waals surface area contributed by atoms with Crippen LogP contribution in [0.15, 0.2) is 52.9 Å². The molecule has 0 radical (unpaired) electrons. The zero-order valence-corrected chi connectivity index (χ0v) is 15.8. The number of aromatic nitrogens is 3. The van der Waals surface area contributed by atoms with Crippen LogP contribution in [-0.4, -0.2) is 56.2 Å². The number of thioether (sulfide) groups is 2. The van der Waals surface area contributed by atoms with Crippen LogP contribution in [0.1, 0.15) is 6.92 Å². The number of ether oxygens (including phenoxy) is 1. The van der Waals surface area contributed by atoms with Gasteiger partial charge in [-0.15, -0.1) is 10.2 Å². The third kappa shape index (κ3) is 4.47. The first-order chi connectivity index (χ1) is 12.7. The number of hydrogen-bond acceptors (Lipinski definition) is 7. The Balaban J connectivity index is 1.62. The van der Waals surface area contributed by atoms with Crippen LogP contribution in [0.4, 0.5) is 0 Å². The Labute approximate surface area is 159 Å². The van der Waals surface area contributed by atoms with Crippen LogP contribution in [0.3, 0.4) is 0 Å². The highest BCUT2D eigenvalue weighted by atomic mass is 32.2. The van der Waals surface area contributed by atoms with E-state index in [-0.39, 0.29) is 5.91 Å². The van der Waals surface area contributed by atoms with Crippen molar-refractivity contribution in [1.29, 1.82) is 0 Å². The summed E-state index contributed by atoms with van der Waals surface area (Å²) in [6, 6.07) is 9.82. The minimum atomic E-state index is -0.425. The van der Waals surface area contributed by atoms with Crippen molar-refractivity contribution in [2.24, 2.45) is 0 Å². The Bertz CT molecular complexity index is 807. The maximum Gasteiger partial charge on any atom is 0.333 e. The number of para-hydroxylation sites is 1. The predicted octanol–water partition coefficient (Wildman–Crippen LogP) is 2.34. The molecule has 0 bridgehead atoms. The average molecular weight is 390 g/mol. The van der Waals surface area contributed by atoms with E-state index >= 15 is 0 Å². The summed E-state index contributed by atoms with van der Waals surface area (Å²) in [5, 5.41) is 9.51. The topological polar surface area (TPSA) is 77.3 Å². The number of amides is 1. The van der Waals surface area contributed by atoms with Gasteiger partial charge in [0.1, 0.15) is 6.33 Å². The predicted molar refractivity (Wildman–Crippen MR) is 101 cm³/mol. The fraction of sp³-hybridized carbons (Fsp3) is 0.294. The molecule has 2 heterocycles. The van der Waals surface area contributed by atoms with E-state index in [0.717, 1.165) is 10.8 Å². The van der Waals surface area contributed by atoms with E-state index in [9.17, 15) is 9.59 Å². The van der Waals surface area contributed by atoms with Gasteiger partial charge >= 0.3 is 5.97 Å². The van der Waals surface area contributed by atoms with Crippen LogP contribution in [0.5, 0.6) is 0 Å². The van der Waals surface area contributed by atoms with Crippen LogP contribution in [0, 0.1) is 0 Å². The largest absolute Gasteiger partial charge is 0.463 e. The Kier molecular flexibility index (Phi) is 6.35. The second kappa shape index (κ2) is 8.91. The maximum absolute atomic E-state index is 12.1. The molecule has 1 fully saturated rings. The summed E-state index contributed by atoms with van der Waals surface area (Å²) in [5.74, 6) is 0.551. The van der Waals surface area contributed by atoms with Crippen molar-refractivity contribution in [2.75, 3.05) is 24.7 Å². The molecule has 136 valence electrons. The van der Waals surface area contributed by atoms with Crippen molar-refractivity contribution >= 4 is 35.4 Å². The van der Waals surface area contributed by atoms with E-state index < -0.39 is 5.97 Å². The number of nitrogens with zero attached hydrogens (tertiary/aromatic N) is 4. The van der Waals surface area contributed by atoms with Gasteiger partial charge in [-0.05, 0) is 19.1 Å².